The van der Waals surface area contributed by atoms with E-state index in [1.54, 1.807) is 6.20 Å². The number of piperazine rings is 1. The van der Waals surface area contributed by atoms with Crippen LogP contribution in [0.25, 0.3) is 10.8 Å². The van der Waals surface area contributed by atoms with Crippen molar-refractivity contribution < 1.29 is 19.4 Å². The number of anilines is 2. The van der Waals surface area contributed by atoms with E-state index in [1.165, 1.54) is 6.42 Å². The van der Waals surface area contributed by atoms with Crippen molar-refractivity contribution in [3.05, 3.63) is 29.4 Å². The standard InChI is InChI=1S/C29H39ClN4O4/c1-28(2)25(22-6-4-5-11-38-22)26(28)27(36)32-24-14-18-13-21(20(30)12-19(18)15-31-24)33-7-9-34(10-8-33)29(3)17-37-16-23(29)35/h12-15,22-23,25-26,35H,4-11,16-17H2,1-3H3,(H,31,32,36)/t22?,23-,25-,26+,29+/m0/s1. The molecule has 6 rings (SSSR count). The zero-order valence-corrected chi connectivity index (χ0v) is 23.3. The van der Waals surface area contributed by atoms with Crippen LogP contribution in [0.5, 0.6) is 0 Å². The lowest BCUT2D eigenvalue weighted by Crippen LogP contribution is -2.60. The van der Waals surface area contributed by atoms with Crippen molar-refractivity contribution in [3.63, 3.8) is 0 Å². The number of benzene rings is 1. The summed E-state index contributed by atoms with van der Waals surface area (Å²) >= 11 is 6.72. The molecule has 0 spiro atoms. The SMILES string of the molecule is CC1(C)[C@@H](C(=O)Nc2cc3cc(N4CCN([C@]5(C)COC[C@@H]5O)CC4)c(Cl)cc3cn2)[C@@H]1C1CCCCO1. The molecule has 3 saturated heterocycles. The summed E-state index contributed by atoms with van der Waals surface area (Å²) in [6.45, 7) is 11.4. The lowest BCUT2D eigenvalue weighted by Gasteiger charge is -2.45. The number of hydrogen-bond acceptors (Lipinski definition) is 7. The first-order valence-corrected chi connectivity index (χ1v) is 14.3. The van der Waals surface area contributed by atoms with Crippen LogP contribution >= 0.6 is 11.6 Å². The van der Waals surface area contributed by atoms with E-state index in [9.17, 15) is 9.90 Å². The summed E-state index contributed by atoms with van der Waals surface area (Å²) in [7, 11) is 0. The first-order chi connectivity index (χ1) is 18.2. The van der Waals surface area contributed by atoms with Crippen molar-refractivity contribution in [2.75, 3.05) is 56.2 Å². The van der Waals surface area contributed by atoms with Gasteiger partial charge in [0.15, 0.2) is 0 Å². The average Bonchev–Trinajstić information content (AvgIpc) is 3.34. The minimum atomic E-state index is -0.467. The summed E-state index contributed by atoms with van der Waals surface area (Å²) in [6.07, 6.45) is 4.81. The third-order valence-electron chi connectivity index (χ3n) is 9.58. The third-order valence-corrected chi connectivity index (χ3v) is 9.88. The van der Waals surface area contributed by atoms with E-state index in [-0.39, 0.29) is 34.8 Å². The topological polar surface area (TPSA) is 87.2 Å². The number of hydrogen-bond donors (Lipinski definition) is 2. The molecule has 0 bridgehead atoms. The number of aromatic nitrogens is 1. The zero-order valence-electron chi connectivity index (χ0n) is 22.6. The maximum atomic E-state index is 13.3. The molecule has 1 aromatic heterocycles. The lowest BCUT2D eigenvalue weighted by molar-refractivity contribution is -0.118. The molecular weight excluding hydrogens is 504 g/mol. The van der Waals surface area contributed by atoms with Crippen molar-refractivity contribution in [2.45, 2.75) is 57.8 Å². The van der Waals surface area contributed by atoms with Gasteiger partial charge in [-0.2, -0.15) is 0 Å². The minimum Gasteiger partial charge on any atom is -0.389 e. The van der Waals surface area contributed by atoms with E-state index in [0.717, 1.165) is 62.1 Å². The molecule has 1 aliphatic carbocycles. The van der Waals surface area contributed by atoms with Crippen molar-refractivity contribution in [1.29, 1.82) is 0 Å². The lowest BCUT2D eigenvalue weighted by atomic mass is 9.95. The molecule has 1 amide bonds. The number of carbonyl (C=O) groups excluding carboxylic acids is 1. The predicted octanol–water partition coefficient (Wildman–Crippen LogP) is 3.94. The maximum absolute atomic E-state index is 13.3. The van der Waals surface area contributed by atoms with Gasteiger partial charge in [0.05, 0.1) is 41.7 Å². The highest BCUT2D eigenvalue weighted by Crippen LogP contribution is 2.61. The second-order valence-corrected chi connectivity index (χ2v) is 12.7. The van der Waals surface area contributed by atoms with E-state index < -0.39 is 6.10 Å². The Labute approximate surface area is 229 Å². The van der Waals surface area contributed by atoms with Crippen molar-refractivity contribution >= 4 is 39.8 Å². The number of halogens is 1. The Morgan fingerprint density at radius 1 is 1.13 bits per heavy atom. The van der Waals surface area contributed by atoms with Gasteiger partial charge >= 0.3 is 0 Å². The average molecular weight is 543 g/mol. The monoisotopic (exact) mass is 542 g/mol. The zero-order chi connectivity index (χ0) is 26.7. The van der Waals surface area contributed by atoms with E-state index in [0.29, 0.717) is 24.1 Å². The van der Waals surface area contributed by atoms with Crippen molar-refractivity contribution in [2.24, 2.45) is 17.3 Å². The van der Waals surface area contributed by atoms with Crippen LogP contribution in [0.15, 0.2) is 24.4 Å². The second kappa shape index (κ2) is 9.89. The van der Waals surface area contributed by atoms with E-state index in [1.807, 2.05) is 12.1 Å². The van der Waals surface area contributed by atoms with Crippen LogP contribution in [0, 0.1) is 17.3 Å². The van der Waals surface area contributed by atoms with Gasteiger partial charge in [-0.15, -0.1) is 0 Å². The molecule has 1 unspecified atom stereocenters. The van der Waals surface area contributed by atoms with Crippen molar-refractivity contribution in [3.8, 4) is 0 Å². The molecule has 1 saturated carbocycles. The van der Waals surface area contributed by atoms with Crippen LogP contribution < -0.4 is 10.2 Å². The molecule has 4 aliphatic rings. The molecule has 2 N–H and O–H groups in total. The molecule has 38 heavy (non-hydrogen) atoms. The maximum Gasteiger partial charge on any atom is 0.229 e. The van der Waals surface area contributed by atoms with Crippen LogP contribution in [-0.2, 0) is 14.3 Å². The largest absolute Gasteiger partial charge is 0.389 e. The van der Waals surface area contributed by atoms with Crippen LogP contribution in [0.3, 0.4) is 0 Å². The molecular formula is C29H39ClN4O4. The number of nitrogens with one attached hydrogen (secondary N) is 1. The number of carbonyl (C=O) groups is 1. The highest BCUT2D eigenvalue weighted by molar-refractivity contribution is 6.34. The summed E-state index contributed by atoms with van der Waals surface area (Å²) in [4.78, 5) is 22.4. The molecule has 1 aromatic carbocycles. The highest BCUT2D eigenvalue weighted by atomic mass is 35.5. The number of aliphatic hydroxyl groups excluding tert-OH is 1. The Morgan fingerprint density at radius 2 is 1.92 bits per heavy atom. The van der Waals surface area contributed by atoms with Crippen LogP contribution in [0.2, 0.25) is 5.02 Å². The minimum absolute atomic E-state index is 0.0258. The van der Waals surface area contributed by atoms with Gasteiger partial charge in [0, 0.05) is 56.2 Å². The Bertz CT molecular complexity index is 1210. The van der Waals surface area contributed by atoms with E-state index in [2.05, 4.69) is 46.9 Å². The Morgan fingerprint density at radius 3 is 2.61 bits per heavy atom. The summed E-state index contributed by atoms with van der Waals surface area (Å²) in [5, 5.41) is 16.1. The Kier molecular flexibility index (Phi) is 6.84. The number of rotatable bonds is 5. The normalized spacial score (nSPS) is 33.4. The van der Waals surface area contributed by atoms with Gasteiger partial charge in [0.2, 0.25) is 5.91 Å². The van der Waals surface area contributed by atoms with Crippen LogP contribution in [0.1, 0.15) is 40.0 Å². The highest BCUT2D eigenvalue weighted by Gasteiger charge is 2.64. The molecule has 5 atom stereocenters. The predicted molar refractivity (Wildman–Crippen MR) is 149 cm³/mol. The Balaban J connectivity index is 1.15. The second-order valence-electron chi connectivity index (χ2n) is 12.3. The van der Waals surface area contributed by atoms with E-state index in [4.69, 9.17) is 21.1 Å². The van der Waals surface area contributed by atoms with Gasteiger partial charge in [0.1, 0.15) is 5.82 Å². The molecule has 3 aliphatic heterocycles. The van der Waals surface area contributed by atoms with Crippen molar-refractivity contribution in [1.82, 2.24) is 9.88 Å². The van der Waals surface area contributed by atoms with Gasteiger partial charge in [0.25, 0.3) is 0 Å². The molecule has 0 radical (unpaired) electrons. The number of ether oxygens (including phenoxy) is 2. The quantitative estimate of drug-likeness (QED) is 0.592. The molecule has 8 nitrogen and oxygen atoms in total. The first-order valence-electron chi connectivity index (χ1n) is 14.0. The van der Waals surface area contributed by atoms with E-state index >= 15 is 0 Å². The fourth-order valence-corrected chi connectivity index (χ4v) is 7.29. The Hall–Kier alpha value is -1.97. The van der Waals surface area contributed by atoms with Gasteiger partial charge in [-0.1, -0.05) is 25.4 Å². The number of aliphatic hydroxyl groups is 1. The number of nitrogens with zero attached hydrogens (tertiary/aromatic N) is 3. The number of fused-ring (bicyclic) bond motifs is 1. The summed E-state index contributed by atoms with van der Waals surface area (Å²) < 4.78 is 11.6. The fourth-order valence-electron chi connectivity index (χ4n) is 7.00. The van der Waals surface area contributed by atoms with Crippen LogP contribution in [0.4, 0.5) is 11.5 Å². The summed E-state index contributed by atoms with van der Waals surface area (Å²) in [5.41, 5.74) is 0.577. The molecule has 4 fully saturated rings. The fraction of sp³-hybridized carbons (Fsp3) is 0.655. The molecule has 206 valence electrons. The third kappa shape index (κ3) is 4.58. The number of amides is 1. The molecule has 2 aromatic rings. The van der Waals surface area contributed by atoms with Crippen LogP contribution in [-0.4, -0.2) is 84.6 Å². The first kappa shape index (κ1) is 26.3. The number of pyridine rings is 1. The summed E-state index contributed by atoms with van der Waals surface area (Å²) in [6, 6.07) is 5.99. The summed E-state index contributed by atoms with van der Waals surface area (Å²) in [5.74, 6) is 0.782. The van der Waals surface area contributed by atoms with Gasteiger partial charge in [-0.05, 0) is 55.2 Å². The van der Waals surface area contributed by atoms with Gasteiger partial charge in [-0.25, -0.2) is 4.98 Å². The van der Waals surface area contributed by atoms with Gasteiger partial charge < -0.3 is 24.8 Å². The molecule has 9 heteroatoms. The molecule has 4 heterocycles. The van der Waals surface area contributed by atoms with Gasteiger partial charge in [-0.3, -0.25) is 9.69 Å². The smallest absolute Gasteiger partial charge is 0.229 e.